The van der Waals surface area contributed by atoms with Gasteiger partial charge in [0, 0.05) is 5.56 Å². The van der Waals surface area contributed by atoms with Crippen molar-refractivity contribution in [3.63, 3.8) is 0 Å². The Labute approximate surface area is 108 Å². The average molecular weight is 271 g/mol. The van der Waals surface area contributed by atoms with E-state index >= 15 is 0 Å². The summed E-state index contributed by atoms with van der Waals surface area (Å²) in [6.07, 6.45) is 0. The van der Waals surface area contributed by atoms with E-state index in [9.17, 15) is 0 Å². The minimum atomic E-state index is 0.380. The van der Waals surface area contributed by atoms with Crippen LogP contribution in [0, 0.1) is 0 Å². The summed E-state index contributed by atoms with van der Waals surface area (Å²) in [4.78, 5) is 0. The van der Waals surface area contributed by atoms with Gasteiger partial charge >= 0.3 is 0 Å². The van der Waals surface area contributed by atoms with Crippen LogP contribution in [-0.2, 0) is 5.88 Å². The van der Waals surface area contributed by atoms with E-state index in [0.717, 1.165) is 15.6 Å². The molecule has 0 aliphatic heterocycles. The minimum Gasteiger partial charge on any atom is -0.493 e. The van der Waals surface area contributed by atoms with Gasteiger partial charge in [-0.2, -0.15) is 0 Å². The second-order valence-corrected chi connectivity index (χ2v) is 4.53. The van der Waals surface area contributed by atoms with Crippen LogP contribution < -0.4 is 9.47 Å². The van der Waals surface area contributed by atoms with E-state index in [1.54, 1.807) is 14.2 Å². The zero-order chi connectivity index (χ0) is 12.3. The highest BCUT2D eigenvalue weighted by Gasteiger charge is 2.10. The average Bonchev–Trinajstić information content (AvgIpc) is 2.86. The number of benzene rings is 1. The number of hydrogen-bond acceptors (Lipinski definition) is 5. The van der Waals surface area contributed by atoms with E-state index in [1.165, 1.54) is 11.3 Å². The summed E-state index contributed by atoms with van der Waals surface area (Å²) in [5.74, 6) is 1.75. The number of halogens is 1. The first-order valence-corrected chi connectivity index (χ1v) is 6.24. The molecule has 0 saturated carbocycles. The smallest absolute Gasteiger partial charge is 0.161 e. The lowest BCUT2D eigenvalue weighted by molar-refractivity contribution is 0.355. The van der Waals surface area contributed by atoms with Gasteiger partial charge in [0.25, 0.3) is 0 Å². The van der Waals surface area contributed by atoms with Gasteiger partial charge in [-0.05, 0) is 18.2 Å². The Balaban J connectivity index is 2.38. The predicted molar refractivity (Wildman–Crippen MR) is 68.0 cm³/mol. The van der Waals surface area contributed by atoms with Gasteiger partial charge in [-0.15, -0.1) is 21.8 Å². The summed E-state index contributed by atoms with van der Waals surface area (Å²) in [5.41, 5.74) is 0.941. The van der Waals surface area contributed by atoms with Crippen LogP contribution in [0.1, 0.15) is 5.01 Å². The molecule has 0 fully saturated rings. The van der Waals surface area contributed by atoms with Crippen LogP contribution in [0.5, 0.6) is 11.5 Å². The molecule has 1 aromatic heterocycles. The Morgan fingerprint density at radius 3 is 2.53 bits per heavy atom. The van der Waals surface area contributed by atoms with Crippen LogP contribution in [0.25, 0.3) is 10.6 Å². The third kappa shape index (κ3) is 2.50. The van der Waals surface area contributed by atoms with Crippen LogP contribution >= 0.6 is 22.9 Å². The Bertz CT molecular complexity index is 516. The summed E-state index contributed by atoms with van der Waals surface area (Å²) in [6, 6.07) is 5.63. The fourth-order valence-corrected chi connectivity index (χ4v) is 2.30. The standard InChI is InChI=1S/C11H11ClN2O2S/c1-15-8-4-3-7(5-9(8)16-2)11-14-13-10(6-12)17-11/h3-5H,6H2,1-2H3. The molecule has 0 N–H and O–H groups in total. The Kier molecular flexibility index (Phi) is 3.81. The number of rotatable bonds is 4. The predicted octanol–water partition coefficient (Wildman–Crippen LogP) is 2.96. The van der Waals surface area contributed by atoms with Gasteiger partial charge in [-0.1, -0.05) is 11.3 Å². The summed E-state index contributed by atoms with van der Waals surface area (Å²) < 4.78 is 10.4. The topological polar surface area (TPSA) is 44.2 Å². The fourth-order valence-electron chi connectivity index (χ4n) is 1.39. The molecule has 4 nitrogen and oxygen atoms in total. The quantitative estimate of drug-likeness (QED) is 0.801. The van der Waals surface area contributed by atoms with Crippen LogP contribution in [0.2, 0.25) is 0 Å². The van der Waals surface area contributed by atoms with E-state index in [2.05, 4.69) is 10.2 Å². The Morgan fingerprint density at radius 2 is 1.94 bits per heavy atom. The zero-order valence-corrected chi connectivity index (χ0v) is 11.0. The second-order valence-electron chi connectivity index (χ2n) is 3.20. The van der Waals surface area contributed by atoms with Crippen molar-refractivity contribution in [3.8, 4) is 22.1 Å². The monoisotopic (exact) mass is 270 g/mol. The van der Waals surface area contributed by atoms with Crippen molar-refractivity contribution in [2.75, 3.05) is 14.2 Å². The number of alkyl halides is 1. The molecular weight excluding hydrogens is 260 g/mol. The molecule has 0 bridgehead atoms. The number of methoxy groups -OCH3 is 2. The fraction of sp³-hybridized carbons (Fsp3) is 0.273. The lowest BCUT2D eigenvalue weighted by Gasteiger charge is -2.07. The lowest BCUT2D eigenvalue weighted by Crippen LogP contribution is -1.90. The number of nitrogens with zero attached hydrogens (tertiary/aromatic N) is 2. The maximum absolute atomic E-state index is 5.70. The molecule has 0 aliphatic carbocycles. The molecule has 6 heteroatoms. The minimum absolute atomic E-state index is 0.380. The van der Waals surface area contributed by atoms with Crippen LogP contribution in [0.4, 0.5) is 0 Å². The Morgan fingerprint density at radius 1 is 1.18 bits per heavy atom. The first-order chi connectivity index (χ1) is 8.28. The van der Waals surface area contributed by atoms with E-state index in [-0.39, 0.29) is 0 Å². The van der Waals surface area contributed by atoms with Crippen LogP contribution in [0.3, 0.4) is 0 Å². The molecule has 90 valence electrons. The van der Waals surface area contributed by atoms with Crippen molar-refractivity contribution in [1.29, 1.82) is 0 Å². The highest BCUT2D eigenvalue weighted by molar-refractivity contribution is 7.14. The highest BCUT2D eigenvalue weighted by atomic mass is 35.5. The van der Waals surface area contributed by atoms with Gasteiger partial charge in [-0.25, -0.2) is 0 Å². The van der Waals surface area contributed by atoms with E-state index in [0.29, 0.717) is 17.4 Å². The van der Waals surface area contributed by atoms with Crippen molar-refractivity contribution in [1.82, 2.24) is 10.2 Å². The molecule has 0 radical (unpaired) electrons. The van der Waals surface area contributed by atoms with Gasteiger partial charge in [0.05, 0.1) is 20.1 Å². The van der Waals surface area contributed by atoms with Crippen LogP contribution in [-0.4, -0.2) is 24.4 Å². The van der Waals surface area contributed by atoms with Gasteiger partial charge in [0.1, 0.15) is 10.0 Å². The first kappa shape index (κ1) is 12.1. The van der Waals surface area contributed by atoms with Crippen molar-refractivity contribution >= 4 is 22.9 Å². The highest BCUT2D eigenvalue weighted by Crippen LogP contribution is 2.33. The molecular formula is C11H11ClN2O2S. The summed E-state index contributed by atoms with van der Waals surface area (Å²) >= 11 is 7.17. The molecule has 1 heterocycles. The normalized spacial score (nSPS) is 10.3. The molecule has 0 aliphatic rings. The molecule has 0 amide bonds. The van der Waals surface area contributed by atoms with Gasteiger partial charge < -0.3 is 9.47 Å². The molecule has 0 unspecified atom stereocenters. The summed E-state index contributed by atoms with van der Waals surface area (Å²) in [5, 5.41) is 9.67. The molecule has 0 spiro atoms. The third-order valence-corrected chi connectivity index (χ3v) is 3.60. The number of ether oxygens (including phenoxy) is 2. The second kappa shape index (κ2) is 5.33. The zero-order valence-electron chi connectivity index (χ0n) is 9.44. The summed E-state index contributed by atoms with van der Waals surface area (Å²) in [6.45, 7) is 0. The van der Waals surface area contributed by atoms with E-state index in [1.807, 2.05) is 18.2 Å². The molecule has 2 aromatic rings. The largest absolute Gasteiger partial charge is 0.493 e. The molecule has 0 atom stereocenters. The van der Waals surface area contributed by atoms with Gasteiger partial charge in [0.15, 0.2) is 11.5 Å². The third-order valence-electron chi connectivity index (χ3n) is 2.21. The van der Waals surface area contributed by atoms with Gasteiger partial charge in [-0.3, -0.25) is 0 Å². The van der Waals surface area contributed by atoms with Crippen molar-refractivity contribution in [3.05, 3.63) is 23.2 Å². The van der Waals surface area contributed by atoms with E-state index < -0.39 is 0 Å². The van der Waals surface area contributed by atoms with Crippen molar-refractivity contribution in [2.24, 2.45) is 0 Å². The van der Waals surface area contributed by atoms with Gasteiger partial charge in [0.2, 0.25) is 0 Å². The van der Waals surface area contributed by atoms with E-state index in [4.69, 9.17) is 21.1 Å². The van der Waals surface area contributed by atoms with Crippen molar-refractivity contribution in [2.45, 2.75) is 5.88 Å². The summed E-state index contributed by atoms with van der Waals surface area (Å²) in [7, 11) is 3.21. The maximum atomic E-state index is 5.70. The molecule has 0 saturated heterocycles. The molecule has 17 heavy (non-hydrogen) atoms. The number of aromatic nitrogens is 2. The lowest BCUT2D eigenvalue weighted by atomic mass is 10.2. The SMILES string of the molecule is COc1ccc(-c2nnc(CCl)s2)cc1OC. The Hall–Kier alpha value is -1.33. The van der Waals surface area contributed by atoms with Crippen molar-refractivity contribution < 1.29 is 9.47 Å². The molecule has 1 aromatic carbocycles. The maximum Gasteiger partial charge on any atom is 0.161 e. The van der Waals surface area contributed by atoms with Crippen LogP contribution in [0.15, 0.2) is 18.2 Å². The first-order valence-electron chi connectivity index (χ1n) is 4.89. The molecule has 2 rings (SSSR count). The number of hydrogen-bond donors (Lipinski definition) is 0.